The van der Waals surface area contributed by atoms with Gasteiger partial charge in [-0.2, -0.15) is 4.39 Å². The van der Waals surface area contributed by atoms with Crippen molar-refractivity contribution < 1.29 is 19.0 Å². The molecule has 0 heterocycles. The number of nitrogens with two attached hydrogens (primary N) is 1. The summed E-state index contributed by atoms with van der Waals surface area (Å²) >= 11 is 0. The van der Waals surface area contributed by atoms with E-state index in [4.69, 9.17) is 15.2 Å². The van der Waals surface area contributed by atoms with Gasteiger partial charge in [0, 0.05) is 17.5 Å². The number of benzene rings is 1. The van der Waals surface area contributed by atoms with Crippen LogP contribution in [0.5, 0.6) is 17.2 Å². The molecule has 1 saturated carbocycles. The van der Waals surface area contributed by atoms with E-state index in [1.165, 1.54) is 14.2 Å². The van der Waals surface area contributed by atoms with Gasteiger partial charge in [-0.15, -0.1) is 0 Å². The fourth-order valence-electron chi connectivity index (χ4n) is 2.08. The zero-order valence-corrected chi connectivity index (χ0v) is 9.92. The number of aromatic hydroxyl groups is 1. The van der Waals surface area contributed by atoms with Crippen LogP contribution in [0.3, 0.4) is 0 Å². The van der Waals surface area contributed by atoms with Crippen LogP contribution in [0.4, 0.5) is 4.39 Å². The maximum atomic E-state index is 13.9. The quantitative estimate of drug-likeness (QED) is 0.839. The lowest BCUT2D eigenvalue weighted by Gasteiger charge is -2.18. The summed E-state index contributed by atoms with van der Waals surface area (Å²) in [6, 6.07) is 1.61. The normalized spacial score (nSPS) is 16.7. The van der Waals surface area contributed by atoms with Gasteiger partial charge in [-0.25, -0.2) is 0 Å². The highest BCUT2D eigenvalue weighted by Gasteiger charge is 2.46. The van der Waals surface area contributed by atoms with Gasteiger partial charge in [0.1, 0.15) is 0 Å². The summed E-state index contributed by atoms with van der Waals surface area (Å²) in [4.78, 5) is 0. The van der Waals surface area contributed by atoms with Crippen LogP contribution in [0.2, 0.25) is 0 Å². The molecule has 17 heavy (non-hydrogen) atoms. The van der Waals surface area contributed by atoms with Gasteiger partial charge in [0.25, 0.3) is 0 Å². The third-order valence-corrected chi connectivity index (χ3v) is 3.40. The van der Waals surface area contributed by atoms with Gasteiger partial charge < -0.3 is 20.3 Å². The fraction of sp³-hybridized carbons (Fsp3) is 0.500. The van der Waals surface area contributed by atoms with Crippen LogP contribution in [-0.4, -0.2) is 25.9 Å². The first kappa shape index (κ1) is 12.0. The first-order valence-electron chi connectivity index (χ1n) is 5.43. The fourth-order valence-corrected chi connectivity index (χ4v) is 2.08. The first-order chi connectivity index (χ1) is 8.09. The Morgan fingerprint density at radius 1 is 1.41 bits per heavy atom. The van der Waals surface area contributed by atoms with Gasteiger partial charge in [-0.3, -0.25) is 0 Å². The Morgan fingerprint density at radius 3 is 2.47 bits per heavy atom. The summed E-state index contributed by atoms with van der Waals surface area (Å²) in [5.41, 5.74) is 5.88. The Hall–Kier alpha value is -1.49. The SMILES string of the molecule is COc1cc(C2(CN)CC2)c(O)c(F)c1OC. The zero-order chi connectivity index (χ0) is 12.6. The monoisotopic (exact) mass is 241 g/mol. The van der Waals surface area contributed by atoms with E-state index in [2.05, 4.69) is 0 Å². The van der Waals surface area contributed by atoms with Crippen molar-refractivity contribution in [2.45, 2.75) is 18.3 Å². The average Bonchev–Trinajstić information content (AvgIpc) is 3.13. The van der Waals surface area contributed by atoms with Crippen LogP contribution in [-0.2, 0) is 5.41 Å². The molecular weight excluding hydrogens is 225 g/mol. The molecule has 0 unspecified atom stereocenters. The second kappa shape index (κ2) is 4.07. The van der Waals surface area contributed by atoms with Crippen molar-refractivity contribution >= 4 is 0 Å². The summed E-state index contributed by atoms with van der Waals surface area (Å²) in [7, 11) is 2.76. The molecule has 5 heteroatoms. The highest BCUT2D eigenvalue weighted by atomic mass is 19.1. The predicted octanol–water partition coefficient (Wildman–Crippen LogP) is 1.54. The molecule has 0 saturated heterocycles. The summed E-state index contributed by atoms with van der Waals surface area (Å²) in [6.07, 6.45) is 1.71. The third-order valence-electron chi connectivity index (χ3n) is 3.40. The van der Waals surface area contributed by atoms with Crippen molar-refractivity contribution in [2.75, 3.05) is 20.8 Å². The van der Waals surface area contributed by atoms with Gasteiger partial charge in [-0.05, 0) is 18.9 Å². The minimum Gasteiger partial charge on any atom is -0.505 e. The van der Waals surface area contributed by atoms with Crippen LogP contribution >= 0.6 is 0 Å². The molecule has 0 aliphatic heterocycles. The van der Waals surface area contributed by atoms with Crippen LogP contribution < -0.4 is 15.2 Å². The van der Waals surface area contributed by atoms with E-state index < -0.39 is 5.82 Å². The molecule has 0 aromatic heterocycles. The van der Waals surface area contributed by atoms with E-state index in [0.717, 1.165) is 12.8 Å². The standard InChI is InChI=1S/C12H16FNO3/c1-16-8-5-7(12(6-14)3-4-12)10(15)9(13)11(8)17-2/h5,15H,3-4,6,14H2,1-2H3. The number of methoxy groups -OCH3 is 2. The second-order valence-corrected chi connectivity index (χ2v) is 4.31. The molecule has 0 radical (unpaired) electrons. The molecule has 0 amide bonds. The van der Waals surface area contributed by atoms with Crippen molar-refractivity contribution in [1.29, 1.82) is 0 Å². The Labute approximate surface area is 99.1 Å². The van der Waals surface area contributed by atoms with E-state index in [9.17, 15) is 9.50 Å². The van der Waals surface area contributed by atoms with Crippen molar-refractivity contribution in [3.63, 3.8) is 0 Å². The van der Waals surface area contributed by atoms with Gasteiger partial charge >= 0.3 is 0 Å². The molecule has 0 bridgehead atoms. The van der Waals surface area contributed by atoms with E-state index in [1.54, 1.807) is 6.07 Å². The molecule has 2 rings (SSSR count). The lowest BCUT2D eigenvalue weighted by Crippen LogP contribution is -2.20. The Balaban J connectivity index is 2.58. The largest absolute Gasteiger partial charge is 0.505 e. The lowest BCUT2D eigenvalue weighted by molar-refractivity contribution is 0.322. The molecule has 94 valence electrons. The Bertz CT molecular complexity index is 444. The Kier molecular flexibility index (Phi) is 2.87. The van der Waals surface area contributed by atoms with Crippen LogP contribution in [0.25, 0.3) is 0 Å². The third kappa shape index (κ3) is 1.70. The maximum Gasteiger partial charge on any atom is 0.210 e. The van der Waals surface area contributed by atoms with Crippen LogP contribution in [0.1, 0.15) is 18.4 Å². The molecule has 0 atom stereocenters. The van der Waals surface area contributed by atoms with Gasteiger partial charge in [0.15, 0.2) is 11.5 Å². The molecular formula is C12H16FNO3. The average molecular weight is 241 g/mol. The predicted molar refractivity (Wildman–Crippen MR) is 61.1 cm³/mol. The van der Waals surface area contributed by atoms with Crippen LogP contribution in [0.15, 0.2) is 6.07 Å². The molecule has 1 fully saturated rings. The molecule has 1 aliphatic carbocycles. The van der Waals surface area contributed by atoms with Crippen molar-refractivity contribution in [2.24, 2.45) is 5.73 Å². The first-order valence-corrected chi connectivity index (χ1v) is 5.43. The topological polar surface area (TPSA) is 64.7 Å². The summed E-state index contributed by atoms with van der Waals surface area (Å²) < 4.78 is 23.9. The van der Waals surface area contributed by atoms with Gasteiger partial charge in [-0.1, -0.05) is 0 Å². The zero-order valence-electron chi connectivity index (χ0n) is 9.92. The molecule has 3 N–H and O–H groups in total. The molecule has 0 spiro atoms. The Morgan fingerprint density at radius 2 is 2.06 bits per heavy atom. The second-order valence-electron chi connectivity index (χ2n) is 4.31. The highest BCUT2D eigenvalue weighted by molar-refractivity contribution is 5.55. The number of hydrogen-bond donors (Lipinski definition) is 2. The number of halogens is 1. The number of phenols is 1. The molecule has 1 aromatic rings. The minimum atomic E-state index is -0.790. The van der Waals surface area contributed by atoms with E-state index in [1.807, 2.05) is 0 Å². The summed E-state index contributed by atoms with van der Waals surface area (Å²) in [6.45, 7) is 0.384. The number of ether oxygens (including phenoxy) is 2. The molecule has 1 aliphatic rings. The van der Waals surface area contributed by atoms with Crippen molar-refractivity contribution in [3.05, 3.63) is 17.4 Å². The molecule has 4 nitrogen and oxygen atoms in total. The van der Waals surface area contributed by atoms with Gasteiger partial charge in [0.05, 0.1) is 14.2 Å². The highest BCUT2D eigenvalue weighted by Crippen LogP contribution is 2.53. The van der Waals surface area contributed by atoms with Crippen molar-refractivity contribution in [3.8, 4) is 17.2 Å². The summed E-state index contributed by atoms with van der Waals surface area (Å²) in [5.74, 6) is -0.980. The minimum absolute atomic E-state index is 0.0819. The van der Waals surface area contributed by atoms with E-state index in [0.29, 0.717) is 12.1 Å². The number of hydrogen-bond acceptors (Lipinski definition) is 4. The van der Waals surface area contributed by atoms with E-state index in [-0.39, 0.29) is 22.7 Å². The maximum absolute atomic E-state index is 13.9. The number of phenolic OH excluding ortho intramolecular Hbond substituents is 1. The van der Waals surface area contributed by atoms with Crippen LogP contribution in [0, 0.1) is 5.82 Å². The molecule has 1 aromatic carbocycles. The van der Waals surface area contributed by atoms with E-state index >= 15 is 0 Å². The summed E-state index contributed by atoms with van der Waals surface area (Å²) in [5, 5.41) is 9.87. The lowest BCUT2D eigenvalue weighted by atomic mass is 9.94. The van der Waals surface area contributed by atoms with Crippen molar-refractivity contribution in [1.82, 2.24) is 0 Å². The number of rotatable bonds is 4. The van der Waals surface area contributed by atoms with Gasteiger partial charge in [0.2, 0.25) is 11.6 Å². The smallest absolute Gasteiger partial charge is 0.210 e.